The van der Waals surface area contributed by atoms with Crippen molar-refractivity contribution in [3.05, 3.63) is 0 Å². The van der Waals surface area contributed by atoms with E-state index in [1.54, 1.807) is 0 Å². The molecule has 0 saturated carbocycles. The molecule has 8 heteroatoms. The van der Waals surface area contributed by atoms with E-state index in [1.807, 2.05) is 0 Å². The number of hydrogen-bond donors (Lipinski definition) is 0. The molecule has 0 aliphatic rings. The van der Waals surface area contributed by atoms with E-state index in [2.05, 4.69) is 19.4 Å². The second-order valence-corrected chi connectivity index (χ2v) is 6.70. The molecule has 0 bridgehead atoms. The SMILES string of the molecule is CC[S+](C)C.F[P-](F)(F)(F)(F)F. The second kappa shape index (κ2) is 3.25. The summed E-state index contributed by atoms with van der Waals surface area (Å²) in [5.41, 5.74) is 0. The molecule has 0 unspecified atom stereocenters. The van der Waals surface area contributed by atoms with Crippen molar-refractivity contribution in [2.75, 3.05) is 18.3 Å². The fraction of sp³-hybridized carbons (Fsp3) is 1.00. The zero-order chi connectivity index (χ0) is 10.7. The number of halogens is 6. The molecule has 0 N–H and O–H groups in total. The van der Waals surface area contributed by atoms with Gasteiger partial charge in [-0.3, -0.25) is 0 Å². The molecule has 0 atom stereocenters. The maximum absolute atomic E-state index is 10.7. The average Bonchev–Trinajstić information content (AvgIpc) is 1.56. The van der Waals surface area contributed by atoms with Crippen LogP contribution in [0.15, 0.2) is 0 Å². The van der Waals surface area contributed by atoms with Crippen LogP contribution >= 0.6 is 7.81 Å². The summed E-state index contributed by atoms with van der Waals surface area (Å²) in [5, 5.41) is 0. The molecule has 12 heavy (non-hydrogen) atoms. The Balaban J connectivity index is 0. The Morgan fingerprint density at radius 3 is 1.00 bits per heavy atom. The molecule has 0 radical (unpaired) electrons. The summed E-state index contributed by atoms with van der Waals surface area (Å²) in [6.07, 6.45) is 4.50. The fourth-order valence-electron chi connectivity index (χ4n) is 0. The monoisotopic (exact) mass is 236 g/mol. The van der Waals surface area contributed by atoms with Crippen LogP contribution in [0.2, 0.25) is 0 Å². The maximum atomic E-state index is 9.87. The predicted octanol–water partition coefficient (Wildman–Crippen LogP) is 4.27. The molecule has 0 nitrogen and oxygen atoms in total. The Hall–Kier alpha value is 0.360. The third-order valence-electron chi connectivity index (χ3n) is 0.577. The van der Waals surface area contributed by atoms with Gasteiger partial charge in [-0.15, -0.1) is 0 Å². The van der Waals surface area contributed by atoms with Crippen molar-refractivity contribution in [3.8, 4) is 0 Å². The molecule has 0 fully saturated rings. The molecule has 0 aromatic heterocycles. The molecular weight excluding hydrogens is 225 g/mol. The van der Waals surface area contributed by atoms with Crippen molar-refractivity contribution in [3.63, 3.8) is 0 Å². The van der Waals surface area contributed by atoms with E-state index in [9.17, 15) is 25.2 Å². The molecule has 0 amide bonds. The van der Waals surface area contributed by atoms with Crippen LogP contribution in [0.4, 0.5) is 25.2 Å². The summed E-state index contributed by atoms with van der Waals surface area (Å²) in [4.78, 5) is 0. The van der Waals surface area contributed by atoms with Crippen molar-refractivity contribution >= 4 is 18.7 Å². The van der Waals surface area contributed by atoms with Gasteiger partial charge in [-0.05, 0) is 17.8 Å². The molecule has 0 aliphatic heterocycles. The number of hydrogen-bond acceptors (Lipinski definition) is 0. The third-order valence-corrected chi connectivity index (χ3v) is 1.73. The molecule has 0 saturated heterocycles. The van der Waals surface area contributed by atoms with Gasteiger partial charge in [0.1, 0.15) is 5.75 Å². The third kappa shape index (κ3) is 163. The van der Waals surface area contributed by atoms with E-state index < -0.39 is 7.81 Å². The van der Waals surface area contributed by atoms with E-state index in [4.69, 9.17) is 0 Å². The summed E-state index contributed by atoms with van der Waals surface area (Å²) in [5.74, 6) is 1.33. The van der Waals surface area contributed by atoms with Crippen LogP contribution < -0.4 is 0 Å². The van der Waals surface area contributed by atoms with Crippen LogP contribution in [-0.4, -0.2) is 18.3 Å². The van der Waals surface area contributed by atoms with Crippen molar-refractivity contribution in [1.82, 2.24) is 0 Å². The Bertz CT molecular complexity index is 120. The number of rotatable bonds is 1. The van der Waals surface area contributed by atoms with Crippen LogP contribution in [-0.2, 0) is 10.9 Å². The Kier molecular flexibility index (Phi) is 4.03. The quantitative estimate of drug-likeness (QED) is 0.362. The zero-order valence-electron chi connectivity index (χ0n) is 6.83. The normalized spacial score (nSPS) is 17.5. The first-order valence-corrected chi connectivity index (χ1v) is 7.07. The van der Waals surface area contributed by atoms with E-state index >= 15 is 0 Å². The minimum absolute atomic E-state index is 0.677. The summed E-state index contributed by atoms with van der Waals surface area (Å²) < 4.78 is 59.2. The Morgan fingerprint density at radius 2 is 1.00 bits per heavy atom. The fourth-order valence-corrected chi connectivity index (χ4v) is 0. The Labute approximate surface area is 69.9 Å². The molecule has 0 heterocycles. The van der Waals surface area contributed by atoms with Gasteiger partial charge in [-0.2, -0.15) is 0 Å². The van der Waals surface area contributed by atoms with Gasteiger partial charge in [0.05, 0.1) is 12.5 Å². The first-order chi connectivity index (χ1) is 4.72. The standard InChI is InChI=1S/C4H11S.F6P/c1-4-5(2)3;1-7(2,3,4,5)6/h4H2,1-3H3;/q+1;-1. The molecule has 80 valence electrons. The summed E-state index contributed by atoms with van der Waals surface area (Å²) in [7, 11) is -9.98. The summed E-state index contributed by atoms with van der Waals surface area (Å²) in [6.45, 7) is 2.21. The predicted molar refractivity (Wildman–Crippen MR) is 43.3 cm³/mol. The van der Waals surface area contributed by atoms with Crippen LogP contribution in [0.25, 0.3) is 0 Å². The van der Waals surface area contributed by atoms with Crippen LogP contribution in [0.5, 0.6) is 0 Å². The Morgan fingerprint density at radius 1 is 0.917 bits per heavy atom. The van der Waals surface area contributed by atoms with E-state index in [1.165, 1.54) is 5.75 Å². The molecule has 0 aliphatic carbocycles. The average molecular weight is 236 g/mol. The molecule has 0 aromatic rings. The first-order valence-electron chi connectivity index (χ1n) is 2.83. The van der Waals surface area contributed by atoms with Crippen molar-refractivity contribution in [2.45, 2.75) is 6.92 Å². The first kappa shape index (κ1) is 14.9. The van der Waals surface area contributed by atoms with E-state index in [0.29, 0.717) is 10.9 Å². The molecule has 0 aromatic carbocycles. The van der Waals surface area contributed by atoms with Crippen LogP contribution in [0.1, 0.15) is 6.92 Å². The minimum atomic E-state index is -10.7. The van der Waals surface area contributed by atoms with Gasteiger partial charge in [0.15, 0.2) is 0 Å². The van der Waals surface area contributed by atoms with Gasteiger partial charge in [0, 0.05) is 0 Å². The van der Waals surface area contributed by atoms with Gasteiger partial charge in [-0.25, -0.2) is 0 Å². The molecule has 0 rings (SSSR count). The van der Waals surface area contributed by atoms with Crippen molar-refractivity contribution < 1.29 is 25.2 Å². The van der Waals surface area contributed by atoms with Crippen LogP contribution in [0.3, 0.4) is 0 Å². The van der Waals surface area contributed by atoms with Gasteiger partial charge < -0.3 is 0 Å². The topological polar surface area (TPSA) is 0 Å². The van der Waals surface area contributed by atoms with E-state index in [-0.39, 0.29) is 0 Å². The van der Waals surface area contributed by atoms with Crippen molar-refractivity contribution in [1.29, 1.82) is 0 Å². The van der Waals surface area contributed by atoms with E-state index in [0.717, 1.165) is 0 Å². The van der Waals surface area contributed by atoms with Gasteiger partial charge in [0.2, 0.25) is 0 Å². The summed E-state index contributed by atoms with van der Waals surface area (Å²) in [6, 6.07) is 0. The molecule has 0 spiro atoms. The summed E-state index contributed by atoms with van der Waals surface area (Å²) >= 11 is 0. The van der Waals surface area contributed by atoms with Gasteiger partial charge in [0.25, 0.3) is 0 Å². The molecular formula is C4H11F6PS. The zero-order valence-corrected chi connectivity index (χ0v) is 8.54. The van der Waals surface area contributed by atoms with Crippen LogP contribution in [0, 0.1) is 0 Å². The van der Waals surface area contributed by atoms with Gasteiger partial charge >= 0.3 is 33.0 Å². The van der Waals surface area contributed by atoms with Crippen molar-refractivity contribution in [2.24, 2.45) is 0 Å². The second-order valence-electron chi connectivity index (χ2n) is 2.23. The van der Waals surface area contributed by atoms with Gasteiger partial charge in [-0.1, -0.05) is 0 Å².